The lowest BCUT2D eigenvalue weighted by molar-refractivity contribution is 0.661. The molecule has 0 aromatic heterocycles. The quantitative estimate of drug-likeness (QED) is 0.194. The summed E-state index contributed by atoms with van der Waals surface area (Å²) in [6.45, 7) is 4.74. The van der Waals surface area contributed by atoms with E-state index in [1.807, 2.05) is 0 Å². The second-order valence-corrected chi connectivity index (χ2v) is 12.3. The molecule has 0 unspecified atom stereocenters. The van der Waals surface area contributed by atoms with Crippen molar-refractivity contribution in [2.24, 2.45) is 0 Å². The van der Waals surface area contributed by atoms with E-state index in [9.17, 15) is 0 Å². The van der Waals surface area contributed by atoms with E-state index in [-0.39, 0.29) is 5.41 Å². The Morgan fingerprint density at radius 1 is 0.333 bits per heavy atom. The zero-order valence-electron chi connectivity index (χ0n) is 25.6. The van der Waals surface area contributed by atoms with Crippen molar-refractivity contribution in [2.75, 3.05) is 9.80 Å². The van der Waals surface area contributed by atoms with Crippen LogP contribution in [0.5, 0.6) is 0 Å². The van der Waals surface area contributed by atoms with Gasteiger partial charge in [-0.15, -0.1) is 0 Å². The van der Waals surface area contributed by atoms with E-state index >= 15 is 0 Å². The summed E-state index contributed by atoms with van der Waals surface area (Å²) in [7, 11) is 0. The Morgan fingerprint density at radius 3 is 1.24 bits per heavy atom. The van der Waals surface area contributed by atoms with Crippen LogP contribution in [0.25, 0.3) is 21.9 Å². The molecule has 0 N–H and O–H groups in total. The fraction of sp³-hybridized carbons (Fsp3) is 0.0698. The van der Waals surface area contributed by atoms with Gasteiger partial charge in [0.1, 0.15) is 0 Å². The summed E-state index contributed by atoms with van der Waals surface area (Å²) in [4.78, 5) is 4.68. The van der Waals surface area contributed by atoms with Gasteiger partial charge in [0.05, 0.1) is 0 Å². The summed E-state index contributed by atoms with van der Waals surface area (Å²) in [6.07, 6.45) is 0. The van der Waals surface area contributed by atoms with Gasteiger partial charge in [0.25, 0.3) is 0 Å². The number of benzene rings is 7. The van der Waals surface area contributed by atoms with Crippen LogP contribution in [0, 0.1) is 0 Å². The van der Waals surface area contributed by atoms with E-state index < -0.39 is 0 Å². The van der Waals surface area contributed by atoms with Crippen LogP contribution in [0.15, 0.2) is 170 Å². The van der Waals surface area contributed by atoms with Crippen LogP contribution in [-0.2, 0) is 5.41 Å². The van der Waals surface area contributed by atoms with Crippen LogP contribution >= 0.6 is 0 Å². The minimum atomic E-state index is -0.150. The summed E-state index contributed by atoms with van der Waals surface area (Å²) in [5.41, 5.74) is 12.1. The molecule has 45 heavy (non-hydrogen) atoms. The molecule has 0 amide bonds. The maximum absolute atomic E-state index is 2.42. The number of rotatable bonds is 6. The molecule has 8 rings (SSSR count). The molecule has 2 heteroatoms. The highest BCUT2D eigenvalue weighted by atomic mass is 15.1. The van der Waals surface area contributed by atoms with Crippen LogP contribution in [0.3, 0.4) is 0 Å². The van der Waals surface area contributed by atoms with Crippen LogP contribution < -0.4 is 9.80 Å². The molecule has 0 spiro atoms. The Labute approximate surface area is 265 Å². The Kier molecular flexibility index (Phi) is 6.50. The maximum atomic E-state index is 2.42. The van der Waals surface area contributed by atoms with Gasteiger partial charge < -0.3 is 9.80 Å². The van der Waals surface area contributed by atoms with E-state index in [1.165, 1.54) is 38.7 Å². The SMILES string of the molecule is CC1(C)c2cc(N(c3ccccc3)c3ccccc3)ccc2-c2cc3ccc(N(c4ccccc4)c4ccccc4)cc3cc21. The van der Waals surface area contributed by atoms with E-state index in [0.717, 1.165) is 28.4 Å². The second kappa shape index (κ2) is 10.8. The van der Waals surface area contributed by atoms with Gasteiger partial charge in [-0.25, -0.2) is 0 Å². The van der Waals surface area contributed by atoms with E-state index in [0.29, 0.717) is 0 Å². The number of para-hydroxylation sites is 4. The predicted octanol–water partition coefficient (Wildman–Crippen LogP) is 12.1. The maximum Gasteiger partial charge on any atom is 0.0468 e. The van der Waals surface area contributed by atoms with Gasteiger partial charge >= 0.3 is 0 Å². The van der Waals surface area contributed by atoms with Crippen molar-refractivity contribution in [3.63, 3.8) is 0 Å². The number of hydrogen-bond donors (Lipinski definition) is 0. The smallest absolute Gasteiger partial charge is 0.0468 e. The van der Waals surface area contributed by atoms with Crippen molar-refractivity contribution in [1.29, 1.82) is 0 Å². The van der Waals surface area contributed by atoms with Crippen molar-refractivity contribution in [3.8, 4) is 11.1 Å². The summed E-state index contributed by atoms with van der Waals surface area (Å²) in [5, 5.41) is 2.50. The standard InChI is InChI=1S/C43H34N2/c1-43(2)41-29-32-27-37(44(33-15-7-3-8-16-33)34-17-9-4-10-18-34)24-23-31(32)28-40(41)39-26-25-38(30-42(39)43)45(35-19-11-5-12-20-35)36-21-13-6-14-22-36/h3-30H,1-2H3. The molecule has 1 aliphatic carbocycles. The first-order chi connectivity index (χ1) is 22.1. The Morgan fingerprint density at radius 2 is 0.756 bits per heavy atom. The average molecular weight is 579 g/mol. The minimum Gasteiger partial charge on any atom is -0.310 e. The number of fused-ring (bicyclic) bond motifs is 4. The largest absolute Gasteiger partial charge is 0.310 e. The van der Waals surface area contributed by atoms with Crippen molar-refractivity contribution in [3.05, 3.63) is 181 Å². The monoisotopic (exact) mass is 578 g/mol. The van der Waals surface area contributed by atoms with Gasteiger partial charge in [-0.1, -0.05) is 98.8 Å². The number of nitrogens with zero attached hydrogens (tertiary/aromatic N) is 2. The van der Waals surface area contributed by atoms with Gasteiger partial charge in [-0.05, 0) is 118 Å². The summed E-state index contributed by atoms with van der Waals surface area (Å²) < 4.78 is 0. The van der Waals surface area contributed by atoms with E-state index in [4.69, 9.17) is 0 Å². The fourth-order valence-electron chi connectivity index (χ4n) is 6.94. The molecule has 2 nitrogen and oxygen atoms in total. The molecule has 0 saturated carbocycles. The third-order valence-electron chi connectivity index (χ3n) is 9.17. The first kappa shape index (κ1) is 27.0. The van der Waals surface area contributed by atoms with Crippen LogP contribution in [0.2, 0.25) is 0 Å². The molecule has 1 aliphatic rings. The molecule has 0 bridgehead atoms. The third-order valence-corrected chi connectivity index (χ3v) is 9.17. The highest BCUT2D eigenvalue weighted by Crippen LogP contribution is 2.52. The normalized spacial score (nSPS) is 12.8. The average Bonchev–Trinajstić information content (AvgIpc) is 3.31. The fourth-order valence-corrected chi connectivity index (χ4v) is 6.94. The summed E-state index contributed by atoms with van der Waals surface area (Å²) in [5.74, 6) is 0. The topological polar surface area (TPSA) is 6.48 Å². The molecule has 7 aromatic rings. The lowest BCUT2D eigenvalue weighted by Gasteiger charge is -2.28. The van der Waals surface area contributed by atoms with Crippen LogP contribution in [-0.4, -0.2) is 0 Å². The Hall–Kier alpha value is -5.60. The van der Waals surface area contributed by atoms with Gasteiger partial charge in [-0.2, -0.15) is 0 Å². The lowest BCUT2D eigenvalue weighted by atomic mass is 9.81. The van der Waals surface area contributed by atoms with Gasteiger partial charge in [0.2, 0.25) is 0 Å². The zero-order chi connectivity index (χ0) is 30.4. The molecule has 216 valence electrons. The molecule has 0 aliphatic heterocycles. The third kappa shape index (κ3) is 4.67. The van der Waals surface area contributed by atoms with E-state index in [2.05, 4.69) is 194 Å². The van der Waals surface area contributed by atoms with Gasteiger partial charge in [0, 0.05) is 39.5 Å². The Balaban J connectivity index is 1.24. The molecule has 7 aromatic carbocycles. The molecule has 0 atom stereocenters. The van der Waals surface area contributed by atoms with Crippen molar-refractivity contribution in [1.82, 2.24) is 0 Å². The lowest BCUT2D eigenvalue weighted by Crippen LogP contribution is -2.16. The van der Waals surface area contributed by atoms with Crippen LogP contribution in [0.1, 0.15) is 25.0 Å². The van der Waals surface area contributed by atoms with Crippen LogP contribution in [0.4, 0.5) is 34.1 Å². The van der Waals surface area contributed by atoms with Crippen molar-refractivity contribution >= 4 is 44.9 Å². The first-order valence-electron chi connectivity index (χ1n) is 15.6. The van der Waals surface area contributed by atoms with Crippen molar-refractivity contribution in [2.45, 2.75) is 19.3 Å². The van der Waals surface area contributed by atoms with Gasteiger partial charge in [0.15, 0.2) is 0 Å². The highest BCUT2D eigenvalue weighted by molar-refractivity contribution is 5.97. The predicted molar refractivity (Wildman–Crippen MR) is 191 cm³/mol. The first-order valence-corrected chi connectivity index (χ1v) is 15.6. The highest BCUT2D eigenvalue weighted by Gasteiger charge is 2.36. The molecular weight excluding hydrogens is 544 g/mol. The molecule has 0 heterocycles. The number of anilines is 6. The summed E-state index contributed by atoms with van der Waals surface area (Å²) in [6, 6.07) is 61.2. The molecular formula is C43H34N2. The second-order valence-electron chi connectivity index (χ2n) is 12.3. The summed E-state index contributed by atoms with van der Waals surface area (Å²) >= 11 is 0. The minimum absolute atomic E-state index is 0.150. The molecule has 0 saturated heterocycles. The van der Waals surface area contributed by atoms with Crippen molar-refractivity contribution < 1.29 is 0 Å². The van der Waals surface area contributed by atoms with E-state index in [1.54, 1.807) is 0 Å². The van der Waals surface area contributed by atoms with Gasteiger partial charge in [-0.3, -0.25) is 0 Å². The molecule has 0 radical (unpaired) electrons. The molecule has 0 fully saturated rings. The Bertz CT molecular complexity index is 2040. The zero-order valence-corrected chi connectivity index (χ0v) is 25.6. The number of hydrogen-bond acceptors (Lipinski definition) is 2.